The highest BCUT2D eigenvalue weighted by Crippen LogP contribution is 2.24. The average Bonchev–Trinajstić information content (AvgIpc) is 2.29. The molecule has 3 N–H and O–H groups in total. The van der Waals surface area contributed by atoms with Crippen molar-refractivity contribution in [2.75, 3.05) is 11.9 Å². The lowest BCUT2D eigenvalue weighted by atomic mass is 10.2. The molecule has 0 spiro atoms. The van der Waals surface area contributed by atoms with Crippen molar-refractivity contribution >= 4 is 27.3 Å². The SMILES string of the molecule is CCCCCCNc1cc(S(N)(=O)=O)ccc1Cl. The molecule has 0 saturated carbocycles. The summed E-state index contributed by atoms with van der Waals surface area (Å²) in [4.78, 5) is 0.0722. The predicted octanol–water partition coefficient (Wildman–Crippen LogP) is 2.98. The zero-order valence-corrected chi connectivity index (χ0v) is 12.0. The second-order valence-corrected chi connectivity index (χ2v) is 6.14. The summed E-state index contributed by atoms with van der Waals surface area (Å²) in [5.41, 5.74) is 0.611. The Morgan fingerprint density at radius 1 is 1.28 bits per heavy atom. The van der Waals surface area contributed by atoms with Crippen molar-refractivity contribution in [1.82, 2.24) is 0 Å². The summed E-state index contributed by atoms with van der Waals surface area (Å²) in [5, 5.41) is 8.70. The molecule has 0 heterocycles. The van der Waals surface area contributed by atoms with Crippen LogP contribution in [0.3, 0.4) is 0 Å². The van der Waals surface area contributed by atoms with Crippen LogP contribution in [0.4, 0.5) is 5.69 Å². The van der Waals surface area contributed by atoms with Crippen LogP contribution < -0.4 is 10.5 Å². The lowest BCUT2D eigenvalue weighted by molar-refractivity contribution is 0.598. The highest BCUT2D eigenvalue weighted by molar-refractivity contribution is 7.89. The van der Waals surface area contributed by atoms with E-state index in [1.165, 1.54) is 31.0 Å². The van der Waals surface area contributed by atoms with Crippen molar-refractivity contribution < 1.29 is 8.42 Å². The van der Waals surface area contributed by atoms with Crippen molar-refractivity contribution in [3.63, 3.8) is 0 Å². The third kappa shape index (κ3) is 4.84. The Labute approximate surface area is 114 Å². The number of halogens is 1. The third-order valence-electron chi connectivity index (χ3n) is 2.61. The number of nitrogens with two attached hydrogens (primary N) is 1. The minimum Gasteiger partial charge on any atom is -0.384 e. The van der Waals surface area contributed by atoms with E-state index in [1.54, 1.807) is 0 Å². The third-order valence-corrected chi connectivity index (χ3v) is 3.85. The van der Waals surface area contributed by atoms with Gasteiger partial charge in [0.2, 0.25) is 10.0 Å². The normalized spacial score (nSPS) is 11.5. The van der Waals surface area contributed by atoms with Crippen LogP contribution in [0.2, 0.25) is 5.02 Å². The van der Waals surface area contributed by atoms with E-state index in [2.05, 4.69) is 12.2 Å². The molecule has 0 saturated heterocycles. The van der Waals surface area contributed by atoms with Gasteiger partial charge in [0.15, 0.2) is 0 Å². The second-order valence-electron chi connectivity index (χ2n) is 4.17. The number of rotatable bonds is 7. The Morgan fingerprint density at radius 2 is 2.00 bits per heavy atom. The molecule has 4 nitrogen and oxygen atoms in total. The summed E-state index contributed by atoms with van der Waals surface area (Å²) >= 11 is 5.99. The number of benzene rings is 1. The van der Waals surface area contributed by atoms with E-state index in [-0.39, 0.29) is 4.90 Å². The van der Waals surface area contributed by atoms with Crippen LogP contribution in [0, 0.1) is 0 Å². The minimum absolute atomic E-state index is 0.0722. The number of unbranched alkanes of at least 4 members (excludes halogenated alkanes) is 3. The number of hydrogen-bond acceptors (Lipinski definition) is 3. The maximum atomic E-state index is 11.2. The molecule has 1 rings (SSSR count). The Bertz CT molecular complexity index is 489. The molecular formula is C12H19ClN2O2S. The first-order chi connectivity index (χ1) is 8.45. The first-order valence-corrected chi connectivity index (χ1v) is 7.94. The smallest absolute Gasteiger partial charge is 0.238 e. The number of hydrogen-bond donors (Lipinski definition) is 2. The van der Waals surface area contributed by atoms with Gasteiger partial charge in [-0.05, 0) is 24.6 Å². The van der Waals surface area contributed by atoms with Gasteiger partial charge in [0.1, 0.15) is 0 Å². The van der Waals surface area contributed by atoms with Crippen LogP contribution in [-0.2, 0) is 10.0 Å². The van der Waals surface area contributed by atoms with Crippen LogP contribution in [-0.4, -0.2) is 15.0 Å². The van der Waals surface area contributed by atoms with Crippen molar-refractivity contribution in [3.05, 3.63) is 23.2 Å². The van der Waals surface area contributed by atoms with Crippen LogP contribution in [0.25, 0.3) is 0 Å². The molecule has 18 heavy (non-hydrogen) atoms. The van der Waals surface area contributed by atoms with E-state index in [0.717, 1.165) is 19.4 Å². The molecular weight excluding hydrogens is 272 g/mol. The molecule has 0 aliphatic carbocycles. The molecule has 0 unspecified atom stereocenters. The molecule has 102 valence electrons. The van der Waals surface area contributed by atoms with Crippen LogP contribution in [0.5, 0.6) is 0 Å². The summed E-state index contributed by atoms with van der Waals surface area (Å²) in [7, 11) is -3.68. The summed E-state index contributed by atoms with van der Waals surface area (Å²) < 4.78 is 22.4. The second kappa shape index (κ2) is 6.97. The van der Waals surface area contributed by atoms with Gasteiger partial charge in [-0.3, -0.25) is 0 Å². The van der Waals surface area contributed by atoms with Gasteiger partial charge in [-0.1, -0.05) is 37.8 Å². The summed E-state index contributed by atoms with van der Waals surface area (Å²) in [5.74, 6) is 0. The Balaban J connectivity index is 2.65. The van der Waals surface area contributed by atoms with Crippen molar-refractivity contribution in [1.29, 1.82) is 0 Å². The number of primary sulfonamides is 1. The molecule has 0 radical (unpaired) electrons. The van der Waals surface area contributed by atoms with Gasteiger partial charge in [-0.25, -0.2) is 13.6 Å². The van der Waals surface area contributed by atoms with Gasteiger partial charge < -0.3 is 5.32 Å². The fraction of sp³-hybridized carbons (Fsp3) is 0.500. The quantitative estimate of drug-likeness (QED) is 0.758. The largest absolute Gasteiger partial charge is 0.384 e. The van der Waals surface area contributed by atoms with E-state index >= 15 is 0 Å². The van der Waals surface area contributed by atoms with E-state index < -0.39 is 10.0 Å². The fourth-order valence-electron chi connectivity index (χ4n) is 1.59. The first-order valence-electron chi connectivity index (χ1n) is 6.01. The van der Waals surface area contributed by atoms with Gasteiger partial charge in [0.25, 0.3) is 0 Å². The predicted molar refractivity (Wildman–Crippen MR) is 75.5 cm³/mol. The molecule has 0 aliphatic rings. The zero-order chi connectivity index (χ0) is 13.6. The van der Waals surface area contributed by atoms with Gasteiger partial charge >= 0.3 is 0 Å². The Kier molecular flexibility index (Phi) is 5.91. The summed E-state index contributed by atoms with van der Waals surface area (Å²) in [6, 6.07) is 4.41. The van der Waals surface area contributed by atoms with Crippen LogP contribution >= 0.6 is 11.6 Å². The molecule has 0 atom stereocenters. The summed E-state index contributed by atoms with van der Waals surface area (Å²) in [6.07, 6.45) is 4.56. The van der Waals surface area contributed by atoms with Gasteiger partial charge in [-0.15, -0.1) is 0 Å². The van der Waals surface area contributed by atoms with Crippen molar-refractivity contribution in [3.8, 4) is 0 Å². The van der Waals surface area contributed by atoms with Crippen molar-refractivity contribution in [2.24, 2.45) is 5.14 Å². The first kappa shape index (κ1) is 15.3. The van der Waals surface area contributed by atoms with Gasteiger partial charge in [-0.2, -0.15) is 0 Å². The molecule has 0 fully saturated rings. The molecule has 0 aliphatic heterocycles. The molecule has 1 aromatic carbocycles. The molecule has 1 aromatic rings. The summed E-state index contributed by atoms with van der Waals surface area (Å²) in [6.45, 7) is 2.92. The maximum absolute atomic E-state index is 11.2. The maximum Gasteiger partial charge on any atom is 0.238 e. The topological polar surface area (TPSA) is 72.2 Å². The van der Waals surface area contributed by atoms with Crippen LogP contribution in [0.1, 0.15) is 32.6 Å². The Hall–Kier alpha value is -0.780. The number of sulfonamides is 1. The van der Waals surface area contributed by atoms with E-state index in [1.807, 2.05) is 0 Å². The van der Waals surface area contributed by atoms with E-state index in [4.69, 9.17) is 16.7 Å². The average molecular weight is 291 g/mol. The highest BCUT2D eigenvalue weighted by atomic mass is 35.5. The number of nitrogens with one attached hydrogen (secondary N) is 1. The fourth-order valence-corrected chi connectivity index (χ4v) is 2.32. The Morgan fingerprint density at radius 3 is 2.61 bits per heavy atom. The monoisotopic (exact) mass is 290 g/mol. The number of anilines is 1. The minimum atomic E-state index is -3.68. The van der Waals surface area contributed by atoms with Crippen molar-refractivity contribution in [2.45, 2.75) is 37.5 Å². The van der Waals surface area contributed by atoms with Gasteiger partial charge in [0.05, 0.1) is 15.6 Å². The lowest BCUT2D eigenvalue weighted by Crippen LogP contribution is -2.12. The van der Waals surface area contributed by atoms with E-state index in [0.29, 0.717) is 10.7 Å². The van der Waals surface area contributed by atoms with Crippen LogP contribution in [0.15, 0.2) is 23.1 Å². The molecule has 6 heteroatoms. The van der Waals surface area contributed by atoms with Gasteiger partial charge in [0, 0.05) is 6.54 Å². The molecule has 0 bridgehead atoms. The van der Waals surface area contributed by atoms with E-state index in [9.17, 15) is 8.42 Å². The molecule has 0 amide bonds. The zero-order valence-electron chi connectivity index (χ0n) is 10.4. The standard InChI is InChI=1S/C12H19ClN2O2S/c1-2-3-4-5-8-15-12-9-10(18(14,16)17)6-7-11(12)13/h6-7,9,15H,2-5,8H2,1H3,(H2,14,16,17). The molecule has 0 aromatic heterocycles. The lowest BCUT2D eigenvalue weighted by Gasteiger charge is -2.09. The highest BCUT2D eigenvalue weighted by Gasteiger charge is 2.10.